The van der Waals surface area contributed by atoms with Crippen molar-refractivity contribution in [1.29, 1.82) is 0 Å². The minimum Gasteiger partial charge on any atom is -0.507 e. The van der Waals surface area contributed by atoms with E-state index < -0.39 is 0 Å². The molecule has 0 heterocycles. The lowest BCUT2D eigenvalue weighted by Gasteiger charge is -2.06. The van der Waals surface area contributed by atoms with Gasteiger partial charge in [-0.05, 0) is 29.8 Å². The third kappa shape index (κ3) is 1.40. The molecule has 0 unspecified atom stereocenters. The van der Waals surface area contributed by atoms with Crippen molar-refractivity contribution in [1.82, 2.24) is 0 Å². The van der Waals surface area contributed by atoms with E-state index in [1.807, 2.05) is 0 Å². The minimum absolute atomic E-state index is 0.00165. The predicted octanol–water partition coefficient (Wildman–Crippen LogP) is 1.93. The highest BCUT2D eigenvalue weighted by Crippen LogP contribution is 2.43. The largest absolute Gasteiger partial charge is 0.507 e. The number of rotatable bonds is 2. The number of phenols is 2. The van der Waals surface area contributed by atoms with Crippen LogP contribution in [0.4, 0.5) is 0 Å². The van der Waals surface area contributed by atoms with Crippen LogP contribution >= 0.6 is 0 Å². The van der Waals surface area contributed by atoms with Gasteiger partial charge < -0.3 is 10.2 Å². The number of aromatic hydroxyl groups is 2. The summed E-state index contributed by atoms with van der Waals surface area (Å²) in [7, 11) is 0. The molecule has 98 valence electrons. The average molecular weight is 268 g/mol. The van der Waals surface area contributed by atoms with Crippen molar-refractivity contribution in [3.63, 3.8) is 0 Å². The number of ketones is 1. The Labute approximate surface area is 113 Å². The quantitative estimate of drug-likeness (QED) is 0.693. The van der Waals surface area contributed by atoms with E-state index in [1.54, 1.807) is 0 Å². The van der Waals surface area contributed by atoms with Gasteiger partial charge in [0.05, 0.1) is 11.1 Å². The van der Waals surface area contributed by atoms with Crippen molar-refractivity contribution < 1.29 is 24.6 Å². The zero-order valence-corrected chi connectivity index (χ0v) is 10.1. The van der Waals surface area contributed by atoms with Gasteiger partial charge in [-0.1, -0.05) is 0 Å². The first-order valence-corrected chi connectivity index (χ1v) is 5.77. The molecular formula is C15H8O5. The van der Waals surface area contributed by atoms with Gasteiger partial charge in [0.15, 0.2) is 18.4 Å². The Morgan fingerprint density at radius 2 is 1.60 bits per heavy atom. The molecule has 0 fully saturated rings. The molecule has 0 saturated carbocycles. The van der Waals surface area contributed by atoms with Crippen LogP contribution in [0, 0.1) is 0 Å². The van der Waals surface area contributed by atoms with Gasteiger partial charge in [-0.3, -0.25) is 14.4 Å². The number of carbonyl (C=O) groups excluding carboxylic acids is 3. The second kappa shape index (κ2) is 4.03. The van der Waals surface area contributed by atoms with Crippen LogP contribution in [0.25, 0.3) is 11.1 Å². The first-order chi connectivity index (χ1) is 9.58. The van der Waals surface area contributed by atoms with E-state index in [-0.39, 0.29) is 45.1 Å². The molecule has 0 aliphatic heterocycles. The van der Waals surface area contributed by atoms with Gasteiger partial charge in [0.25, 0.3) is 0 Å². The monoisotopic (exact) mass is 268 g/mol. The SMILES string of the molecule is O=Cc1cc2c(cc1O)-c1c(ccc(O)c1C=O)C2=O. The van der Waals surface area contributed by atoms with E-state index in [9.17, 15) is 24.6 Å². The van der Waals surface area contributed by atoms with Crippen LogP contribution in [-0.4, -0.2) is 28.6 Å². The van der Waals surface area contributed by atoms with E-state index in [4.69, 9.17) is 0 Å². The maximum atomic E-state index is 12.3. The third-order valence-corrected chi connectivity index (χ3v) is 3.39. The van der Waals surface area contributed by atoms with Crippen molar-refractivity contribution in [2.24, 2.45) is 0 Å². The molecule has 5 nitrogen and oxygen atoms in total. The second-order valence-electron chi connectivity index (χ2n) is 4.44. The first kappa shape index (κ1) is 12.1. The molecule has 1 aliphatic rings. The summed E-state index contributed by atoms with van der Waals surface area (Å²) in [4.78, 5) is 34.2. The Bertz CT molecular complexity index is 789. The molecule has 5 heteroatoms. The van der Waals surface area contributed by atoms with Gasteiger partial charge >= 0.3 is 0 Å². The number of aldehydes is 2. The van der Waals surface area contributed by atoms with Gasteiger partial charge in [0.2, 0.25) is 0 Å². The fourth-order valence-corrected chi connectivity index (χ4v) is 2.45. The standard InChI is InChI=1S/C15H8O5/c16-5-7-3-10-9(4-13(7)19)14-8(15(10)20)1-2-12(18)11(14)6-17/h1-6,18-19H. The number of fused-ring (bicyclic) bond motifs is 3. The predicted molar refractivity (Wildman–Crippen MR) is 69.4 cm³/mol. The number of phenolic OH excluding ortho intramolecular Hbond substituents is 2. The molecule has 20 heavy (non-hydrogen) atoms. The molecule has 2 aromatic rings. The van der Waals surface area contributed by atoms with E-state index in [1.165, 1.54) is 24.3 Å². The summed E-state index contributed by atoms with van der Waals surface area (Å²) in [5.41, 5.74) is 1.12. The third-order valence-electron chi connectivity index (χ3n) is 3.39. The van der Waals surface area contributed by atoms with Crippen molar-refractivity contribution in [2.75, 3.05) is 0 Å². The van der Waals surface area contributed by atoms with Gasteiger partial charge in [-0.2, -0.15) is 0 Å². The van der Waals surface area contributed by atoms with Crippen LogP contribution in [0.2, 0.25) is 0 Å². The maximum Gasteiger partial charge on any atom is 0.194 e. The number of hydrogen-bond acceptors (Lipinski definition) is 5. The highest BCUT2D eigenvalue weighted by molar-refractivity contribution is 6.24. The minimum atomic E-state index is -0.346. The molecule has 3 rings (SSSR count). The van der Waals surface area contributed by atoms with Crippen LogP contribution in [-0.2, 0) is 0 Å². The fourth-order valence-electron chi connectivity index (χ4n) is 2.45. The summed E-state index contributed by atoms with van der Waals surface area (Å²) in [5.74, 6) is -0.862. The fraction of sp³-hybridized carbons (Fsp3) is 0. The highest BCUT2D eigenvalue weighted by Gasteiger charge is 2.31. The van der Waals surface area contributed by atoms with Crippen LogP contribution in [0.5, 0.6) is 11.5 Å². The molecule has 2 N–H and O–H groups in total. The van der Waals surface area contributed by atoms with Gasteiger partial charge in [-0.25, -0.2) is 0 Å². The van der Waals surface area contributed by atoms with E-state index in [0.29, 0.717) is 18.1 Å². The Balaban J connectivity index is 2.42. The van der Waals surface area contributed by atoms with E-state index >= 15 is 0 Å². The van der Waals surface area contributed by atoms with Crippen LogP contribution in [0.3, 0.4) is 0 Å². The first-order valence-electron chi connectivity index (χ1n) is 5.77. The zero-order chi connectivity index (χ0) is 14.4. The molecule has 0 radical (unpaired) electrons. The number of hydrogen-bond donors (Lipinski definition) is 2. The van der Waals surface area contributed by atoms with Crippen molar-refractivity contribution >= 4 is 18.4 Å². The van der Waals surface area contributed by atoms with Crippen LogP contribution in [0.15, 0.2) is 24.3 Å². The lowest BCUT2D eigenvalue weighted by Crippen LogP contribution is -1.96. The highest BCUT2D eigenvalue weighted by atomic mass is 16.3. The summed E-state index contributed by atoms with van der Waals surface area (Å²) >= 11 is 0. The van der Waals surface area contributed by atoms with Gasteiger partial charge in [0, 0.05) is 16.7 Å². The zero-order valence-electron chi connectivity index (χ0n) is 10.1. The Hall–Kier alpha value is -2.95. The summed E-state index contributed by atoms with van der Waals surface area (Å²) < 4.78 is 0. The summed E-state index contributed by atoms with van der Waals surface area (Å²) in [6.45, 7) is 0. The Kier molecular flexibility index (Phi) is 2.44. The average Bonchev–Trinajstić information content (AvgIpc) is 2.71. The summed E-state index contributed by atoms with van der Waals surface area (Å²) in [5, 5.41) is 19.4. The molecule has 0 amide bonds. The summed E-state index contributed by atoms with van der Waals surface area (Å²) in [6.07, 6.45) is 0.908. The number of benzene rings is 2. The number of carbonyl (C=O) groups is 3. The van der Waals surface area contributed by atoms with Crippen molar-refractivity contribution in [2.45, 2.75) is 0 Å². The smallest absolute Gasteiger partial charge is 0.194 e. The molecule has 0 spiro atoms. The maximum absolute atomic E-state index is 12.3. The topological polar surface area (TPSA) is 91.7 Å². The molecular weight excluding hydrogens is 260 g/mol. The normalized spacial score (nSPS) is 11.9. The molecule has 0 atom stereocenters. The molecule has 0 saturated heterocycles. The molecule has 1 aliphatic carbocycles. The molecule has 0 aromatic heterocycles. The van der Waals surface area contributed by atoms with E-state index in [2.05, 4.69) is 0 Å². The lowest BCUT2D eigenvalue weighted by atomic mass is 9.98. The van der Waals surface area contributed by atoms with Gasteiger partial charge in [0.1, 0.15) is 11.5 Å². The molecule has 2 aromatic carbocycles. The van der Waals surface area contributed by atoms with Gasteiger partial charge in [-0.15, -0.1) is 0 Å². The van der Waals surface area contributed by atoms with E-state index in [0.717, 1.165) is 0 Å². The lowest BCUT2D eigenvalue weighted by molar-refractivity contribution is 0.104. The molecule has 0 bridgehead atoms. The Morgan fingerprint density at radius 1 is 0.850 bits per heavy atom. The van der Waals surface area contributed by atoms with Crippen LogP contribution in [0.1, 0.15) is 36.6 Å². The van der Waals surface area contributed by atoms with Crippen molar-refractivity contribution in [3.05, 3.63) is 46.5 Å². The van der Waals surface area contributed by atoms with Crippen LogP contribution < -0.4 is 0 Å². The Morgan fingerprint density at radius 3 is 2.25 bits per heavy atom. The van der Waals surface area contributed by atoms with Crippen molar-refractivity contribution in [3.8, 4) is 22.6 Å². The second-order valence-corrected chi connectivity index (χ2v) is 4.44. The summed E-state index contributed by atoms with van der Waals surface area (Å²) in [6, 6.07) is 5.23.